The first-order chi connectivity index (χ1) is 8.51. The highest BCUT2D eigenvalue weighted by Gasteiger charge is 2.15. The van der Waals surface area contributed by atoms with Crippen molar-refractivity contribution in [3.63, 3.8) is 0 Å². The van der Waals surface area contributed by atoms with Gasteiger partial charge in [0.1, 0.15) is 0 Å². The Morgan fingerprint density at radius 1 is 1.39 bits per heavy atom. The lowest BCUT2D eigenvalue weighted by molar-refractivity contribution is -0.134. The molecule has 106 valence electrons. The van der Waals surface area contributed by atoms with E-state index >= 15 is 0 Å². The van der Waals surface area contributed by atoms with Gasteiger partial charge < -0.3 is 16.0 Å². The molecule has 0 fully saturated rings. The number of nitrogens with zero attached hydrogens (tertiary/aromatic N) is 1. The van der Waals surface area contributed by atoms with Gasteiger partial charge in [0.15, 0.2) is 0 Å². The molecule has 0 heterocycles. The molecule has 0 aliphatic heterocycles. The highest BCUT2D eigenvalue weighted by Crippen LogP contribution is 2.04. The Balaban J connectivity index is 3.99. The maximum atomic E-state index is 11.9. The summed E-state index contributed by atoms with van der Waals surface area (Å²) in [6.07, 6.45) is 0.915. The van der Waals surface area contributed by atoms with Crippen LogP contribution in [-0.4, -0.2) is 53.9 Å². The van der Waals surface area contributed by atoms with Crippen LogP contribution in [0.15, 0.2) is 0 Å². The Kier molecular flexibility index (Phi) is 9.77. The van der Waals surface area contributed by atoms with Crippen LogP contribution in [0, 0.1) is 0 Å². The number of hydrogen-bond donors (Lipinski definition) is 2. The fourth-order valence-corrected chi connectivity index (χ4v) is 2.23. The second-order valence-electron chi connectivity index (χ2n) is 4.32. The molecule has 0 aliphatic carbocycles. The third kappa shape index (κ3) is 8.36. The molecule has 3 N–H and O–H groups in total. The van der Waals surface area contributed by atoms with Crippen molar-refractivity contribution in [3.8, 4) is 0 Å². The summed E-state index contributed by atoms with van der Waals surface area (Å²) in [7, 11) is 0. The Morgan fingerprint density at radius 2 is 2.06 bits per heavy atom. The fourth-order valence-electron chi connectivity index (χ4n) is 1.35. The predicted octanol–water partition coefficient (Wildman–Crippen LogP) is 0.442. The monoisotopic (exact) mass is 275 g/mol. The zero-order valence-corrected chi connectivity index (χ0v) is 12.4. The molecule has 0 radical (unpaired) electrons. The van der Waals surface area contributed by atoms with Gasteiger partial charge >= 0.3 is 0 Å². The van der Waals surface area contributed by atoms with Gasteiger partial charge in [-0.1, -0.05) is 0 Å². The Bertz CT molecular complexity index is 260. The van der Waals surface area contributed by atoms with E-state index in [0.717, 1.165) is 12.2 Å². The number of thioether (sulfide) groups is 1. The van der Waals surface area contributed by atoms with Crippen LogP contribution < -0.4 is 11.1 Å². The van der Waals surface area contributed by atoms with E-state index in [1.807, 2.05) is 20.8 Å². The predicted molar refractivity (Wildman–Crippen MR) is 76.5 cm³/mol. The molecular weight excluding hydrogens is 250 g/mol. The third-order valence-corrected chi connectivity index (χ3v) is 3.27. The van der Waals surface area contributed by atoms with Gasteiger partial charge in [0, 0.05) is 12.6 Å². The van der Waals surface area contributed by atoms with E-state index in [0.29, 0.717) is 18.8 Å². The number of nitrogens with one attached hydrogen (secondary N) is 1. The Labute approximate surface area is 114 Å². The Morgan fingerprint density at radius 3 is 2.56 bits per heavy atom. The van der Waals surface area contributed by atoms with E-state index in [4.69, 9.17) is 5.73 Å². The topological polar surface area (TPSA) is 75.4 Å². The van der Waals surface area contributed by atoms with Crippen molar-refractivity contribution < 1.29 is 9.59 Å². The molecule has 0 aromatic rings. The van der Waals surface area contributed by atoms with E-state index in [1.165, 1.54) is 0 Å². The Hall–Kier alpha value is -0.750. The van der Waals surface area contributed by atoms with Crippen molar-refractivity contribution in [1.29, 1.82) is 0 Å². The van der Waals surface area contributed by atoms with Gasteiger partial charge in [-0.25, -0.2) is 0 Å². The SMILES string of the molecule is CCN(CC(=O)NC(C)C)C(=O)CSCCCN. The minimum atomic E-state index is -0.104. The standard InChI is InChI=1S/C12H25N3O2S/c1-4-15(8-11(16)14-10(2)3)12(17)9-18-7-5-6-13/h10H,4-9,13H2,1-3H3,(H,14,16). The quantitative estimate of drug-likeness (QED) is 0.599. The van der Waals surface area contributed by atoms with E-state index in [2.05, 4.69) is 5.32 Å². The van der Waals surface area contributed by atoms with Crippen LogP contribution in [0.1, 0.15) is 27.2 Å². The maximum Gasteiger partial charge on any atom is 0.239 e. The summed E-state index contributed by atoms with van der Waals surface area (Å²) < 4.78 is 0. The van der Waals surface area contributed by atoms with E-state index < -0.39 is 0 Å². The summed E-state index contributed by atoms with van der Waals surface area (Å²) in [4.78, 5) is 25.0. The molecule has 0 saturated carbocycles. The van der Waals surface area contributed by atoms with Crippen molar-refractivity contribution >= 4 is 23.6 Å². The lowest BCUT2D eigenvalue weighted by Gasteiger charge is -2.21. The summed E-state index contributed by atoms with van der Waals surface area (Å²) in [5.41, 5.74) is 5.38. The molecular formula is C12H25N3O2S. The lowest BCUT2D eigenvalue weighted by Crippen LogP contribution is -2.43. The molecule has 0 spiro atoms. The number of carbonyl (C=O) groups is 2. The average Bonchev–Trinajstić information content (AvgIpc) is 2.30. The second-order valence-corrected chi connectivity index (χ2v) is 5.43. The minimum Gasteiger partial charge on any atom is -0.352 e. The number of amides is 2. The zero-order valence-electron chi connectivity index (χ0n) is 11.6. The zero-order chi connectivity index (χ0) is 14.0. The third-order valence-electron chi connectivity index (χ3n) is 2.24. The lowest BCUT2D eigenvalue weighted by atomic mass is 10.3. The molecule has 0 saturated heterocycles. The molecule has 5 nitrogen and oxygen atoms in total. The molecule has 0 rings (SSSR count). The number of rotatable bonds is 9. The smallest absolute Gasteiger partial charge is 0.239 e. The second kappa shape index (κ2) is 10.2. The van der Waals surface area contributed by atoms with Gasteiger partial charge in [0.05, 0.1) is 12.3 Å². The normalized spacial score (nSPS) is 10.5. The molecule has 0 atom stereocenters. The minimum absolute atomic E-state index is 0.0124. The van der Waals surface area contributed by atoms with Gasteiger partial charge in [0.25, 0.3) is 0 Å². The first-order valence-electron chi connectivity index (χ1n) is 6.36. The molecule has 18 heavy (non-hydrogen) atoms. The van der Waals surface area contributed by atoms with Gasteiger partial charge in [-0.2, -0.15) is 11.8 Å². The largest absolute Gasteiger partial charge is 0.352 e. The molecule has 2 amide bonds. The van der Waals surface area contributed by atoms with Crippen molar-refractivity contribution in [1.82, 2.24) is 10.2 Å². The summed E-state index contributed by atoms with van der Waals surface area (Å²) in [5, 5.41) is 2.78. The van der Waals surface area contributed by atoms with Crippen LogP contribution in [0.5, 0.6) is 0 Å². The van der Waals surface area contributed by atoms with E-state index in [9.17, 15) is 9.59 Å². The van der Waals surface area contributed by atoms with E-state index in [-0.39, 0.29) is 24.4 Å². The van der Waals surface area contributed by atoms with Crippen LogP contribution in [0.2, 0.25) is 0 Å². The molecule has 0 aromatic heterocycles. The number of carbonyl (C=O) groups excluding carboxylic acids is 2. The first kappa shape index (κ1) is 17.2. The number of likely N-dealkylation sites (N-methyl/N-ethyl adjacent to an activating group) is 1. The van der Waals surface area contributed by atoms with Crippen molar-refractivity contribution in [3.05, 3.63) is 0 Å². The van der Waals surface area contributed by atoms with Crippen molar-refractivity contribution in [2.45, 2.75) is 33.2 Å². The highest BCUT2D eigenvalue weighted by atomic mass is 32.2. The van der Waals surface area contributed by atoms with Crippen LogP contribution in [0.25, 0.3) is 0 Å². The molecule has 0 aliphatic rings. The van der Waals surface area contributed by atoms with Crippen molar-refractivity contribution in [2.75, 3.05) is 31.1 Å². The van der Waals surface area contributed by atoms with E-state index in [1.54, 1.807) is 16.7 Å². The summed E-state index contributed by atoms with van der Waals surface area (Å²) in [6.45, 7) is 7.03. The molecule has 0 bridgehead atoms. The van der Waals surface area contributed by atoms with Crippen molar-refractivity contribution in [2.24, 2.45) is 5.73 Å². The summed E-state index contributed by atoms with van der Waals surface area (Å²) in [5.74, 6) is 1.21. The summed E-state index contributed by atoms with van der Waals surface area (Å²) >= 11 is 1.57. The van der Waals surface area contributed by atoms with Gasteiger partial charge in [-0.3, -0.25) is 9.59 Å². The fraction of sp³-hybridized carbons (Fsp3) is 0.833. The summed E-state index contributed by atoms with van der Waals surface area (Å²) in [6, 6.07) is 0.102. The average molecular weight is 275 g/mol. The molecule has 0 aromatic carbocycles. The van der Waals surface area contributed by atoms with Crippen LogP contribution >= 0.6 is 11.8 Å². The molecule has 0 unspecified atom stereocenters. The first-order valence-corrected chi connectivity index (χ1v) is 7.51. The number of hydrogen-bond acceptors (Lipinski definition) is 4. The molecule has 6 heteroatoms. The highest BCUT2D eigenvalue weighted by molar-refractivity contribution is 7.99. The van der Waals surface area contributed by atoms with Gasteiger partial charge in [-0.05, 0) is 39.5 Å². The van der Waals surface area contributed by atoms with Gasteiger partial charge in [-0.15, -0.1) is 0 Å². The number of nitrogens with two attached hydrogens (primary N) is 1. The van der Waals surface area contributed by atoms with Crippen LogP contribution in [0.4, 0.5) is 0 Å². The maximum absolute atomic E-state index is 11.9. The van der Waals surface area contributed by atoms with Gasteiger partial charge in [0.2, 0.25) is 11.8 Å². The van der Waals surface area contributed by atoms with Crippen LogP contribution in [-0.2, 0) is 9.59 Å². The van der Waals surface area contributed by atoms with Crippen LogP contribution in [0.3, 0.4) is 0 Å².